The van der Waals surface area contributed by atoms with Crippen molar-refractivity contribution < 1.29 is 9.59 Å². The minimum absolute atomic E-state index is 0.110. The van der Waals surface area contributed by atoms with Crippen molar-refractivity contribution in [2.45, 2.75) is 19.3 Å². The van der Waals surface area contributed by atoms with Gasteiger partial charge in [-0.05, 0) is 31.4 Å². The van der Waals surface area contributed by atoms with Gasteiger partial charge in [-0.25, -0.2) is 9.97 Å². The summed E-state index contributed by atoms with van der Waals surface area (Å²) in [5.41, 5.74) is 1.03. The van der Waals surface area contributed by atoms with Gasteiger partial charge in [0, 0.05) is 18.7 Å². The van der Waals surface area contributed by atoms with Crippen LogP contribution in [0.5, 0.6) is 0 Å². The molecule has 1 aliphatic rings. The second-order valence-corrected chi connectivity index (χ2v) is 5.92. The third kappa shape index (κ3) is 4.76. The third-order valence-electron chi connectivity index (χ3n) is 4.01. The van der Waals surface area contributed by atoms with E-state index in [1.807, 2.05) is 6.07 Å². The van der Waals surface area contributed by atoms with E-state index in [1.165, 1.54) is 6.42 Å². The van der Waals surface area contributed by atoms with Crippen LogP contribution in [0.25, 0.3) is 0 Å². The Hall–Kier alpha value is -2.96. The SMILES string of the molecule is O=C(CNC(=O)c1ccccc1)Nc1cnc(N2CCCCC2)nc1. The molecular weight excluding hydrogens is 318 g/mol. The number of carbonyl (C=O) groups excluding carboxylic acids is 2. The summed E-state index contributed by atoms with van der Waals surface area (Å²) in [6.45, 7) is 1.83. The first-order valence-corrected chi connectivity index (χ1v) is 8.42. The maximum absolute atomic E-state index is 11.9. The molecule has 25 heavy (non-hydrogen) atoms. The van der Waals surface area contributed by atoms with Crippen molar-refractivity contribution in [1.29, 1.82) is 0 Å². The van der Waals surface area contributed by atoms with Gasteiger partial charge in [0.15, 0.2) is 0 Å². The molecule has 0 saturated carbocycles. The zero-order chi connectivity index (χ0) is 17.5. The van der Waals surface area contributed by atoms with Gasteiger partial charge in [-0.1, -0.05) is 18.2 Å². The lowest BCUT2D eigenvalue weighted by molar-refractivity contribution is -0.115. The predicted molar refractivity (Wildman–Crippen MR) is 95.5 cm³/mol. The molecule has 1 aromatic carbocycles. The molecule has 0 aliphatic carbocycles. The normalized spacial score (nSPS) is 14.0. The Morgan fingerprint density at radius 2 is 1.68 bits per heavy atom. The van der Waals surface area contributed by atoms with Crippen LogP contribution in [0.15, 0.2) is 42.7 Å². The Bertz CT molecular complexity index is 712. The Labute approximate surface area is 146 Å². The van der Waals surface area contributed by atoms with Crippen LogP contribution in [0.1, 0.15) is 29.6 Å². The number of carbonyl (C=O) groups is 2. The van der Waals surface area contributed by atoms with Gasteiger partial charge in [0.25, 0.3) is 5.91 Å². The molecule has 0 spiro atoms. The molecule has 7 heteroatoms. The number of amides is 2. The Morgan fingerprint density at radius 1 is 1.00 bits per heavy atom. The van der Waals surface area contributed by atoms with Gasteiger partial charge in [-0.2, -0.15) is 0 Å². The summed E-state index contributed by atoms with van der Waals surface area (Å²) in [4.78, 5) is 34.6. The second kappa shape index (κ2) is 8.23. The highest BCUT2D eigenvalue weighted by molar-refractivity contribution is 5.99. The van der Waals surface area contributed by atoms with Gasteiger partial charge in [0.2, 0.25) is 11.9 Å². The van der Waals surface area contributed by atoms with Gasteiger partial charge in [0.05, 0.1) is 24.6 Å². The summed E-state index contributed by atoms with van der Waals surface area (Å²) in [6, 6.07) is 8.77. The molecule has 0 radical (unpaired) electrons. The first-order chi connectivity index (χ1) is 12.2. The number of hydrogen-bond acceptors (Lipinski definition) is 5. The first-order valence-electron chi connectivity index (χ1n) is 8.42. The smallest absolute Gasteiger partial charge is 0.251 e. The lowest BCUT2D eigenvalue weighted by atomic mass is 10.1. The maximum Gasteiger partial charge on any atom is 0.251 e. The summed E-state index contributed by atoms with van der Waals surface area (Å²) in [7, 11) is 0. The number of hydrogen-bond donors (Lipinski definition) is 2. The highest BCUT2D eigenvalue weighted by atomic mass is 16.2. The Balaban J connectivity index is 1.48. The van der Waals surface area contributed by atoms with Crippen molar-refractivity contribution in [3.63, 3.8) is 0 Å². The summed E-state index contributed by atoms with van der Waals surface area (Å²) in [6.07, 6.45) is 6.74. The van der Waals surface area contributed by atoms with Crippen LogP contribution in [-0.4, -0.2) is 41.4 Å². The van der Waals surface area contributed by atoms with Gasteiger partial charge in [-0.15, -0.1) is 0 Å². The van der Waals surface area contributed by atoms with Gasteiger partial charge in [-0.3, -0.25) is 9.59 Å². The van der Waals surface area contributed by atoms with E-state index in [0.717, 1.165) is 25.9 Å². The van der Waals surface area contributed by atoms with E-state index in [9.17, 15) is 9.59 Å². The van der Waals surface area contributed by atoms with Crippen LogP contribution < -0.4 is 15.5 Å². The van der Waals surface area contributed by atoms with Crippen molar-refractivity contribution in [2.75, 3.05) is 29.9 Å². The fraction of sp³-hybridized carbons (Fsp3) is 0.333. The van der Waals surface area contributed by atoms with Crippen molar-refractivity contribution >= 4 is 23.5 Å². The highest BCUT2D eigenvalue weighted by Crippen LogP contribution is 2.16. The third-order valence-corrected chi connectivity index (χ3v) is 4.01. The zero-order valence-electron chi connectivity index (χ0n) is 13.9. The first kappa shape index (κ1) is 16.9. The summed E-state index contributed by atoms with van der Waals surface area (Å²) >= 11 is 0. The van der Waals surface area contributed by atoms with Crippen molar-refractivity contribution in [1.82, 2.24) is 15.3 Å². The number of rotatable bonds is 5. The molecule has 1 aromatic heterocycles. The molecule has 130 valence electrons. The van der Waals surface area contributed by atoms with Crippen molar-refractivity contribution in [3.05, 3.63) is 48.3 Å². The molecule has 1 aliphatic heterocycles. The average Bonchev–Trinajstić information content (AvgIpc) is 2.68. The molecule has 2 N–H and O–H groups in total. The number of nitrogens with zero attached hydrogens (tertiary/aromatic N) is 3. The number of piperidine rings is 1. The lowest BCUT2D eigenvalue weighted by Crippen LogP contribution is -2.33. The maximum atomic E-state index is 11.9. The minimum atomic E-state index is -0.321. The summed E-state index contributed by atoms with van der Waals surface area (Å²) in [5.74, 6) is 0.0844. The van der Waals surface area contributed by atoms with Crippen molar-refractivity contribution in [3.8, 4) is 0 Å². The van der Waals surface area contributed by atoms with Crippen LogP contribution in [0.4, 0.5) is 11.6 Å². The van der Waals surface area contributed by atoms with E-state index >= 15 is 0 Å². The van der Waals surface area contributed by atoms with Crippen LogP contribution in [-0.2, 0) is 4.79 Å². The van der Waals surface area contributed by atoms with Gasteiger partial charge >= 0.3 is 0 Å². The molecule has 1 fully saturated rings. The van der Waals surface area contributed by atoms with E-state index in [4.69, 9.17) is 0 Å². The minimum Gasteiger partial charge on any atom is -0.343 e. The van der Waals surface area contributed by atoms with Crippen LogP contribution in [0.3, 0.4) is 0 Å². The van der Waals surface area contributed by atoms with E-state index in [2.05, 4.69) is 25.5 Å². The second-order valence-electron chi connectivity index (χ2n) is 5.92. The summed E-state index contributed by atoms with van der Waals surface area (Å²) in [5, 5.41) is 5.26. The number of benzene rings is 1. The highest BCUT2D eigenvalue weighted by Gasteiger charge is 2.13. The van der Waals surface area contributed by atoms with Gasteiger partial charge < -0.3 is 15.5 Å². The molecule has 0 bridgehead atoms. The molecule has 2 aromatic rings. The van der Waals surface area contributed by atoms with Gasteiger partial charge in [0.1, 0.15) is 0 Å². The molecule has 0 atom stereocenters. The summed E-state index contributed by atoms with van der Waals surface area (Å²) < 4.78 is 0. The Morgan fingerprint density at radius 3 is 2.36 bits per heavy atom. The fourth-order valence-corrected chi connectivity index (χ4v) is 2.70. The lowest BCUT2D eigenvalue weighted by Gasteiger charge is -2.26. The monoisotopic (exact) mass is 339 g/mol. The number of nitrogens with one attached hydrogen (secondary N) is 2. The predicted octanol–water partition coefficient (Wildman–Crippen LogP) is 1.84. The zero-order valence-corrected chi connectivity index (χ0v) is 13.9. The van der Waals surface area contributed by atoms with E-state index in [1.54, 1.807) is 36.7 Å². The van der Waals surface area contributed by atoms with E-state index in [-0.39, 0.29) is 18.4 Å². The van der Waals surface area contributed by atoms with Crippen LogP contribution in [0, 0.1) is 0 Å². The van der Waals surface area contributed by atoms with E-state index in [0.29, 0.717) is 17.2 Å². The van der Waals surface area contributed by atoms with Crippen molar-refractivity contribution in [2.24, 2.45) is 0 Å². The molecule has 2 amide bonds. The molecule has 7 nitrogen and oxygen atoms in total. The van der Waals surface area contributed by atoms with Crippen LogP contribution >= 0.6 is 0 Å². The van der Waals surface area contributed by atoms with Crippen LogP contribution in [0.2, 0.25) is 0 Å². The molecular formula is C18H21N5O2. The number of aromatic nitrogens is 2. The molecule has 0 unspecified atom stereocenters. The Kier molecular flexibility index (Phi) is 5.56. The number of anilines is 2. The molecule has 3 rings (SSSR count). The molecule has 1 saturated heterocycles. The fourth-order valence-electron chi connectivity index (χ4n) is 2.70. The standard InChI is InChI=1S/C18H21N5O2/c24-16(13-19-17(25)14-7-3-1-4-8-14)22-15-11-20-18(21-12-15)23-9-5-2-6-10-23/h1,3-4,7-8,11-12H,2,5-6,9-10,13H2,(H,19,25)(H,22,24). The van der Waals surface area contributed by atoms with E-state index < -0.39 is 0 Å². The largest absolute Gasteiger partial charge is 0.343 e. The quantitative estimate of drug-likeness (QED) is 0.868. The average molecular weight is 339 g/mol. The topological polar surface area (TPSA) is 87.2 Å². The molecule has 2 heterocycles.